The standard InChI is InChI=1S/C13H18N2O3/c1-2-10(6-14)13(16)15-7-9-3-4-11-12(5-9)18-8-17-11/h3-5,10H,2,6-8,14H2,1H3,(H,15,16). The third-order valence-corrected chi connectivity index (χ3v) is 3.05. The van der Waals surface area contributed by atoms with Crippen LogP contribution in [0.3, 0.4) is 0 Å². The molecule has 0 aliphatic carbocycles. The highest BCUT2D eigenvalue weighted by atomic mass is 16.7. The zero-order valence-electron chi connectivity index (χ0n) is 10.4. The van der Waals surface area contributed by atoms with Crippen molar-refractivity contribution in [2.45, 2.75) is 19.9 Å². The van der Waals surface area contributed by atoms with Crippen molar-refractivity contribution in [1.82, 2.24) is 5.32 Å². The summed E-state index contributed by atoms with van der Waals surface area (Å²) in [5.74, 6) is 1.36. The maximum Gasteiger partial charge on any atom is 0.231 e. The van der Waals surface area contributed by atoms with E-state index in [-0.39, 0.29) is 18.6 Å². The molecule has 0 radical (unpaired) electrons. The summed E-state index contributed by atoms with van der Waals surface area (Å²) in [6, 6.07) is 5.65. The summed E-state index contributed by atoms with van der Waals surface area (Å²) in [6.07, 6.45) is 0.753. The molecule has 1 aliphatic heterocycles. The van der Waals surface area contributed by atoms with E-state index in [1.807, 2.05) is 25.1 Å². The van der Waals surface area contributed by atoms with Crippen LogP contribution in [-0.2, 0) is 11.3 Å². The number of nitrogens with two attached hydrogens (primary N) is 1. The zero-order valence-corrected chi connectivity index (χ0v) is 10.4. The second kappa shape index (κ2) is 5.73. The topological polar surface area (TPSA) is 73.6 Å². The van der Waals surface area contributed by atoms with Crippen LogP contribution >= 0.6 is 0 Å². The highest BCUT2D eigenvalue weighted by Crippen LogP contribution is 2.32. The first kappa shape index (κ1) is 12.7. The van der Waals surface area contributed by atoms with Crippen molar-refractivity contribution in [2.75, 3.05) is 13.3 Å². The Labute approximate surface area is 106 Å². The lowest BCUT2D eigenvalue weighted by Crippen LogP contribution is -2.34. The summed E-state index contributed by atoms with van der Waals surface area (Å²) < 4.78 is 10.5. The van der Waals surface area contributed by atoms with Crippen LogP contribution in [0.1, 0.15) is 18.9 Å². The lowest BCUT2D eigenvalue weighted by atomic mass is 10.1. The third-order valence-electron chi connectivity index (χ3n) is 3.05. The third kappa shape index (κ3) is 2.73. The van der Waals surface area contributed by atoms with Gasteiger partial charge in [0, 0.05) is 19.0 Å². The number of rotatable bonds is 5. The van der Waals surface area contributed by atoms with Crippen LogP contribution in [0.2, 0.25) is 0 Å². The van der Waals surface area contributed by atoms with Gasteiger partial charge in [-0.3, -0.25) is 4.79 Å². The number of amides is 1. The number of carbonyl (C=O) groups excluding carboxylic acids is 1. The van der Waals surface area contributed by atoms with E-state index in [9.17, 15) is 4.79 Å². The smallest absolute Gasteiger partial charge is 0.231 e. The minimum atomic E-state index is -0.112. The van der Waals surface area contributed by atoms with E-state index < -0.39 is 0 Å². The fourth-order valence-electron chi connectivity index (χ4n) is 1.84. The Balaban J connectivity index is 1.92. The lowest BCUT2D eigenvalue weighted by Gasteiger charge is -2.12. The predicted octanol–water partition coefficient (Wildman–Crippen LogP) is 1.02. The zero-order chi connectivity index (χ0) is 13.0. The molecule has 0 aromatic heterocycles. The van der Waals surface area contributed by atoms with Gasteiger partial charge in [0.1, 0.15) is 0 Å². The fraction of sp³-hybridized carbons (Fsp3) is 0.462. The van der Waals surface area contributed by atoms with E-state index >= 15 is 0 Å². The van der Waals surface area contributed by atoms with Gasteiger partial charge in [0.2, 0.25) is 12.7 Å². The summed E-state index contributed by atoms with van der Waals surface area (Å²) in [4.78, 5) is 11.8. The van der Waals surface area contributed by atoms with Crippen molar-refractivity contribution in [2.24, 2.45) is 11.7 Å². The van der Waals surface area contributed by atoms with E-state index in [1.54, 1.807) is 0 Å². The molecule has 2 rings (SSSR count). The van der Waals surface area contributed by atoms with Gasteiger partial charge in [-0.25, -0.2) is 0 Å². The minimum absolute atomic E-state index is 0.00216. The average Bonchev–Trinajstić information content (AvgIpc) is 2.85. The largest absolute Gasteiger partial charge is 0.454 e. The molecule has 1 atom stereocenters. The molecule has 1 aromatic carbocycles. The summed E-state index contributed by atoms with van der Waals surface area (Å²) in [5, 5.41) is 2.88. The summed E-state index contributed by atoms with van der Waals surface area (Å²) in [7, 11) is 0. The van der Waals surface area contributed by atoms with Gasteiger partial charge in [-0.1, -0.05) is 13.0 Å². The van der Waals surface area contributed by atoms with E-state index in [1.165, 1.54) is 0 Å². The summed E-state index contributed by atoms with van der Waals surface area (Å²) in [5.41, 5.74) is 6.52. The SMILES string of the molecule is CCC(CN)C(=O)NCc1ccc2c(c1)OCO2. The monoisotopic (exact) mass is 250 g/mol. The Hall–Kier alpha value is -1.75. The Morgan fingerprint density at radius 2 is 2.22 bits per heavy atom. The van der Waals surface area contributed by atoms with Crippen molar-refractivity contribution in [3.8, 4) is 11.5 Å². The number of ether oxygens (including phenoxy) is 2. The lowest BCUT2D eigenvalue weighted by molar-refractivity contribution is -0.124. The van der Waals surface area contributed by atoms with Gasteiger partial charge in [0.05, 0.1) is 0 Å². The van der Waals surface area contributed by atoms with Crippen LogP contribution in [0.4, 0.5) is 0 Å². The van der Waals surface area contributed by atoms with E-state index in [2.05, 4.69) is 5.32 Å². The molecule has 3 N–H and O–H groups in total. The highest BCUT2D eigenvalue weighted by Gasteiger charge is 2.16. The van der Waals surface area contributed by atoms with Gasteiger partial charge >= 0.3 is 0 Å². The molecular formula is C13H18N2O3. The van der Waals surface area contributed by atoms with Crippen molar-refractivity contribution >= 4 is 5.91 Å². The second-order valence-electron chi connectivity index (χ2n) is 4.25. The van der Waals surface area contributed by atoms with Gasteiger partial charge in [0.15, 0.2) is 11.5 Å². The summed E-state index contributed by atoms with van der Waals surface area (Å²) >= 11 is 0. The van der Waals surface area contributed by atoms with Crippen LogP contribution in [0, 0.1) is 5.92 Å². The van der Waals surface area contributed by atoms with Crippen molar-refractivity contribution < 1.29 is 14.3 Å². The van der Waals surface area contributed by atoms with E-state index in [4.69, 9.17) is 15.2 Å². The van der Waals surface area contributed by atoms with Gasteiger partial charge in [-0.15, -0.1) is 0 Å². The van der Waals surface area contributed by atoms with Crippen molar-refractivity contribution in [3.63, 3.8) is 0 Å². The Morgan fingerprint density at radius 3 is 2.94 bits per heavy atom. The molecule has 0 spiro atoms. The molecule has 0 bridgehead atoms. The first-order chi connectivity index (χ1) is 8.74. The number of benzene rings is 1. The first-order valence-electron chi connectivity index (χ1n) is 6.11. The number of hydrogen-bond donors (Lipinski definition) is 2. The van der Waals surface area contributed by atoms with Crippen LogP contribution in [-0.4, -0.2) is 19.2 Å². The number of nitrogens with one attached hydrogen (secondary N) is 1. The molecule has 1 unspecified atom stereocenters. The normalized spacial score (nSPS) is 14.3. The molecule has 98 valence electrons. The molecule has 1 aromatic rings. The molecule has 5 nitrogen and oxygen atoms in total. The molecule has 18 heavy (non-hydrogen) atoms. The fourth-order valence-corrected chi connectivity index (χ4v) is 1.84. The molecule has 0 saturated heterocycles. The summed E-state index contributed by atoms with van der Waals surface area (Å²) in [6.45, 7) is 3.07. The van der Waals surface area contributed by atoms with Crippen molar-refractivity contribution in [1.29, 1.82) is 0 Å². The van der Waals surface area contributed by atoms with Gasteiger partial charge < -0.3 is 20.5 Å². The first-order valence-corrected chi connectivity index (χ1v) is 6.11. The Bertz CT molecular complexity index is 430. The quantitative estimate of drug-likeness (QED) is 0.818. The molecule has 0 saturated carbocycles. The van der Waals surface area contributed by atoms with Gasteiger partial charge in [-0.05, 0) is 24.1 Å². The number of fused-ring (bicyclic) bond motifs is 1. The predicted molar refractivity (Wildman–Crippen MR) is 67.2 cm³/mol. The van der Waals surface area contributed by atoms with E-state index in [0.29, 0.717) is 13.1 Å². The maximum absolute atomic E-state index is 11.8. The van der Waals surface area contributed by atoms with Crippen LogP contribution in [0.5, 0.6) is 11.5 Å². The van der Waals surface area contributed by atoms with Crippen molar-refractivity contribution in [3.05, 3.63) is 23.8 Å². The molecular weight excluding hydrogens is 232 g/mol. The average molecular weight is 250 g/mol. The molecule has 0 fully saturated rings. The van der Waals surface area contributed by atoms with Crippen LogP contribution < -0.4 is 20.5 Å². The molecule has 1 amide bonds. The van der Waals surface area contributed by atoms with Crippen LogP contribution in [0.15, 0.2) is 18.2 Å². The molecule has 5 heteroatoms. The Kier molecular flexibility index (Phi) is 4.04. The minimum Gasteiger partial charge on any atom is -0.454 e. The second-order valence-corrected chi connectivity index (χ2v) is 4.25. The Morgan fingerprint density at radius 1 is 1.44 bits per heavy atom. The van der Waals surface area contributed by atoms with Gasteiger partial charge in [-0.2, -0.15) is 0 Å². The van der Waals surface area contributed by atoms with Gasteiger partial charge in [0.25, 0.3) is 0 Å². The maximum atomic E-state index is 11.8. The number of hydrogen-bond acceptors (Lipinski definition) is 4. The number of carbonyl (C=O) groups is 1. The highest BCUT2D eigenvalue weighted by molar-refractivity contribution is 5.78. The van der Waals surface area contributed by atoms with E-state index in [0.717, 1.165) is 23.5 Å². The van der Waals surface area contributed by atoms with Crippen LogP contribution in [0.25, 0.3) is 0 Å². The molecule has 1 heterocycles. The molecule has 1 aliphatic rings.